The summed E-state index contributed by atoms with van der Waals surface area (Å²) in [6.07, 6.45) is -0.397. The Bertz CT molecular complexity index is 174. The van der Waals surface area contributed by atoms with Gasteiger partial charge in [-0.3, -0.25) is 0 Å². The molecule has 4 nitrogen and oxygen atoms in total. The average molecular weight is 213 g/mol. The number of amides is 1. The zero-order valence-electron chi connectivity index (χ0n) is 7.18. The van der Waals surface area contributed by atoms with Gasteiger partial charge in [0.2, 0.25) is 0 Å². The molecular weight excluding hydrogens is 199 g/mol. The van der Waals surface area contributed by atoms with E-state index in [-0.39, 0.29) is 19.0 Å². The molecule has 13 heavy (non-hydrogen) atoms. The van der Waals surface area contributed by atoms with E-state index in [9.17, 15) is 9.18 Å². The zero-order chi connectivity index (χ0) is 9.03. The van der Waals surface area contributed by atoms with Crippen LogP contribution >= 0.6 is 12.4 Å². The van der Waals surface area contributed by atoms with Gasteiger partial charge in [0.25, 0.3) is 0 Å². The number of carbonyl (C=O) groups is 1. The van der Waals surface area contributed by atoms with Crippen LogP contribution in [0.1, 0.15) is 12.8 Å². The third-order valence-electron chi connectivity index (χ3n) is 2.06. The first-order valence-electron chi connectivity index (χ1n) is 3.99. The normalized spacial score (nSPS) is 20.1. The van der Waals surface area contributed by atoms with Gasteiger partial charge in [0.15, 0.2) is 0 Å². The van der Waals surface area contributed by atoms with Crippen molar-refractivity contribution < 1.29 is 14.3 Å². The molecule has 0 aromatic heterocycles. The molecule has 1 rings (SSSR count). The molecule has 1 saturated heterocycles. The molecule has 0 aromatic rings. The number of rotatable bonds is 2. The Morgan fingerprint density at radius 2 is 2.08 bits per heavy atom. The van der Waals surface area contributed by atoms with Crippen molar-refractivity contribution >= 4 is 18.5 Å². The van der Waals surface area contributed by atoms with Gasteiger partial charge in [0.05, 0.1) is 6.54 Å². The molecule has 1 heterocycles. The Morgan fingerprint density at radius 3 is 2.54 bits per heavy atom. The summed E-state index contributed by atoms with van der Waals surface area (Å²) in [6, 6.07) is 0. The summed E-state index contributed by atoms with van der Waals surface area (Å²) < 4.78 is 13.6. The van der Waals surface area contributed by atoms with Crippen molar-refractivity contribution in [3.63, 3.8) is 0 Å². The number of halogens is 2. The van der Waals surface area contributed by atoms with Crippen molar-refractivity contribution in [1.82, 2.24) is 10.6 Å². The summed E-state index contributed by atoms with van der Waals surface area (Å²) in [7, 11) is 0. The monoisotopic (exact) mass is 212 g/mol. The van der Waals surface area contributed by atoms with E-state index in [1.54, 1.807) is 0 Å². The highest BCUT2D eigenvalue weighted by atomic mass is 35.5. The highest BCUT2D eigenvalue weighted by Gasteiger charge is 2.31. The van der Waals surface area contributed by atoms with E-state index < -0.39 is 11.8 Å². The second-order valence-corrected chi connectivity index (χ2v) is 3.06. The lowest BCUT2D eigenvalue weighted by atomic mass is 9.94. The van der Waals surface area contributed by atoms with Crippen LogP contribution in [0.25, 0.3) is 0 Å². The van der Waals surface area contributed by atoms with Gasteiger partial charge >= 0.3 is 6.09 Å². The first kappa shape index (κ1) is 12.4. The van der Waals surface area contributed by atoms with Crippen molar-refractivity contribution in [2.75, 3.05) is 19.6 Å². The molecule has 0 spiro atoms. The largest absolute Gasteiger partial charge is 0.465 e. The van der Waals surface area contributed by atoms with Gasteiger partial charge in [-0.05, 0) is 25.9 Å². The Balaban J connectivity index is 0.00000144. The fourth-order valence-corrected chi connectivity index (χ4v) is 1.29. The third kappa shape index (κ3) is 4.28. The number of hydrogen-bond acceptors (Lipinski definition) is 2. The standard InChI is InChI=1S/C7H13FN2O2.ClH/c8-7(5-10-6(11)12)1-3-9-4-2-7;/h9-10H,1-5H2,(H,11,12);1H. The number of alkyl halides is 1. The van der Waals surface area contributed by atoms with E-state index in [1.807, 2.05) is 0 Å². The Morgan fingerprint density at radius 1 is 1.54 bits per heavy atom. The maximum absolute atomic E-state index is 13.6. The predicted molar refractivity (Wildman–Crippen MR) is 49.2 cm³/mol. The molecule has 1 aliphatic rings. The van der Waals surface area contributed by atoms with Gasteiger partial charge in [-0.25, -0.2) is 9.18 Å². The van der Waals surface area contributed by atoms with Crippen molar-refractivity contribution in [3.8, 4) is 0 Å². The fraction of sp³-hybridized carbons (Fsp3) is 0.857. The van der Waals surface area contributed by atoms with Gasteiger partial charge in [-0.1, -0.05) is 0 Å². The summed E-state index contributed by atoms with van der Waals surface area (Å²) in [5.41, 5.74) is -1.34. The minimum absolute atomic E-state index is 0. The molecule has 0 atom stereocenters. The lowest BCUT2D eigenvalue weighted by Crippen LogP contribution is -2.46. The lowest BCUT2D eigenvalue weighted by molar-refractivity contribution is 0.110. The van der Waals surface area contributed by atoms with Gasteiger partial charge in [0, 0.05) is 0 Å². The molecule has 0 saturated carbocycles. The maximum atomic E-state index is 13.6. The summed E-state index contributed by atoms with van der Waals surface area (Å²) in [6.45, 7) is 1.15. The zero-order valence-corrected chi connectivity index (χ0v) is 7.99. The van der Waals surface area contributed by atoms with Crippen LogP contribution in [0.3, 0.4) is 0 Å². The van der Waals surface area contributed by atoms with Crippen molar-refractivity contribution in [2.24, 2.45) is 0 Å². The molecule has 0 aliphatic carbocycles. The summed E-state index contributed by atoms with van der Waals surface area (Å²) in [5.74, 6) is 0. The van der Waals surface area contributed by atoms with Crippen molar-refractivity contribution in [2.45, 2.75) is 18.5 Å². The Labute approximate surface area is 82.3 Å². The SMILES string of the molecule is Cl.O=C(O)NCC1(F)CCNCC1. The van der Waals surface area contributed by atoms with E-state index in [2.05, 4.69) is 10.6 Å². The second kappa shape index (κ2) is 5.24. The first-order valence-corrected chi connectivity index (χ1v) is 3.99. The topological polar surface area (TPSA) is 61.4 Å². The smallest absolute Gasteiger partial charge is 0.404 e. The van der Waals surface area contributed by atoms with Crippen LogP contribution in [0, 0.1) is 0 Å². The molecule has 6 heteroatoms. The van der Waals surface area contributed by atoms with Crippen LogP contribution in [0.2, 0.25) is 0 Å². The Kier molecular flexibility index (Phi) is 5.02. The molecule has 1 amide bonds. The van der Waals surface area contributed by atoms with Crippen molar-refractivity contribution in [1.29, 1.82) is 0 Å². The Hall–Kier alpha value is -0.550. The molecule has 1 aliphatic heterocycles. The highest BCUT2D eigenvalue weighted by Crippen LogP contribution is 2.21. The number of carboxylic acid groups (broad SMARTS) is 1. The summed E-state index contributed by atoms with van der Waals surface area (Å²) in [5, 5.41) is 13.3. The molecule has 3 N–H and O–H groups in total. The summed E-state index contributed by atoms with van der Waals surface area (Å²) >= 11 is 0. The second-order valence-electron chi connectivity index (χ2n) is 3.06. The molecule has 0 radical (unpaired) electrons. The van der Waals surface area contributed by atoms with Gasteiger partial charge in [-0.2, -0.15) is 0 Å². The van der Waals surface area contributed by atoms with E-state index >= 15 is 0 Å². The van der Waals surface area contributed by atoms with Crippen LogP contribution in [-0.4, -0.2) is 36.5 Å². The number of nitrogens with one attached hydrogen (secondary N) is 2. The molecule has 0 bridgehead atoms. The van der Waals surface area contributed by atoms with E-state index in [0.29, 0.717) is 25.9 Å². The van der Waals surface area contributed by atoms with Gasteiger partial charge < -0.3 is 15.7 Å². The molecular formula is C7H14ClFN2O2. The molecule has 1 fully saturated rings. The predicted octanol–water partition coefficient (Wildman–Crippen LogP) is 0.768. The van der Waals surface area contributed by atoms with Crippen molar-refractivity contribution in [3.05, 3.63) is 0 Å². The van der Waals surface area contributed by atoms with Crippen LogP contribution in [0.5, 0.6) is 0 Å². The van der Waals surface area contributed by atoms with Gasteiger partial charge in [-0.15, -0.1) is 12.4 Å². The lowest BCUT2D eigenvalue weighted by Gasteiger charge is -2.29. The minimum Gasteiger partial charge on any atom is -0.465 e. The minimum atomic E-state index is -1.34. The van der Waals surface area contributed by atoms with Crippen LogP contribution < -0.4 is 10.6 Å². The van der Waals surface area contributed by atoms with Crippen LogP contribution in [0.15, 0.2) is 0 Å². The third-order valence-corrected chi connectivity index (χ3v) is 2.06. The number of piperidine rings is 1. The highest BCUT2D eigenvalue weighted by molar-refractivity contribution is 5.85. The quantitative estimate of drug-likeness (QED) is 0.634. The van der Waals surface area contributed by atoms with Gasteiger partial charge in [0.1, 0.15) is 5.67 Å². The fourth-order valence-electron chi connectivity index (χ4n) is 1.29. The average Bonchev–Trinajstić information content (AvgIpc) is 2.03. The van der Waals surface area contributed by atoms with Crippen LogP contribution in [-0.2, 0) is 0 Å². The molecule has 78 valence electrons. The molecule has 0 aromatic carbocycles. The van der Waals surface area contributed by atoms with E-state index in [0.717, 1.165) is 0 Å². The molecule has 0 unspecified atom stereocenters. The maximum Gasteiger partial charge on any atom is 0.404 e. The first-order chi connectivity index (χ1) is 5.62. The van der Waals surface area contributed by atoms with E-state index in [1.165, 1.54) is 0 Å². The van der Waals surface area contributed by atoms with E-state index in [4.69, 9.17) is 5.11 Å². The van der Waals surface area contributed by atoms with Crippen LogP contribution in [0.4, 0.5) is 9.18 Å². The number of hydrogen-bond donors (Lipinski definition) is 3. The summed E-state index contributed by atoms with van der Waals surface area (Å²) in [4.78, 5) is 10.1.